The van der Waals surface area contributed by atoms with Crippen LogP contribution in [-0.4, -0.2) is 12.6 Å². The topological polar surface area (TPSA) is 37.2 Å². The van der Waals surface area contributed by atoms with E-state index in [0.29, 0.717) is 6.04 Å². The average molecular weight is 270 g/mol. The molecule has 1 aliphatic rings. The third kappa shape index (κ3) is 3.05. The maximum absolute atomic E-state index is 5.39. The largest absolute Gasteiger partial charge is 0.469 e. The van der Waals surface area contributed by atoms with Gasteiger partial charge in [0.15, 0.2) is 0 Å². The van der Waals surface area contributed by atoms with Gasteiger partial charge in [-0.15, -0.1) is 0 Å². The summed E-state index contributed by atoms with van der Waals surface area (Å²) in [6.07, 6.45) is 5.09. The van der Waals surface area contributed by atoms with Crippen molar-refractivity contribution < 1.29 is 4.42 Å². The van der Waals surface area contributed by atoms with Crippen LogP contribution in [0.15, 0.2) is 41.0 Å². The molecule has 1 aromatic heterocycles. The van der Waals surface area contributed by atoms with Crippen molar-refractivity contribution >= 4 is 5.69 Å². The van der Waals surface area contributed by atoms with E-state index >= 15 is 0 Å². The molecule has 2 N–H and O–H groups in total. The zero-order valence-corrected chi connectivity index (χ0v) is 12.0. The Hall–Kier alpha value is -1.74. The van der Waals surface area contributed by atoms with Crippen molar-refractivity contribution in [3.05, 3.63) is 53.5 Å². The molecular formula is C17H22N2O. The zero-order valence-electron chi connectivity index (χ0n) is 12.0. The van der Waals surface area contributed by atoms with E-state index in [1.165, 1.54) is 29.7 Å². The molecule has 0 fully saturated rings. The van der Waals surface area contributed by atoms with Crippen molar-refractivity contribution in [1.29, 1.82) is 0 Å². The third-order valence-corrected chi connectivity index (χ3v) is 3.89. The van der Waals surface area contributed by atoms with E-state index in [-0.39, 0.29) is 0 Å². The molecule has 1 atom stereocenters. The predicted molar refractivity (Wildman–Crippen MR) is 82.0 cm³/mol. The highest BCUT2D eigenvalue weighted by Gasteiger charge is 2.13. The van der Waals surface area contributed by atoms with Crippen LogP contribution in [0.2, 0.25) is 0 Å². The summed E-state index contributed by atoms with van der Waals surface area (Å²) in [4.78, 5) is 0. The first-order valence-electron chi connectivity index (χ1n) is 7.43. The van der Waals surface area contributed by atoms with Gasteiger partial charge in [0, 0.05) is 31.2 Å². The Balaban J connectivity index is 1.61. The number of benzene rings is 1. The van der Waals surface area contributed by atoms with Gasteiger partial charge < -0.3 is 15.1 Å². The first-order valence-corrected chi connectivity index (χ1v) is 7.43. The smallest absolute Gasteiger partial charge is 0.105 e. The molecule has 0 saturated carbocycles. The van der Waals surface area contributed by atoms with Crippen molar-refractivity contribution in [2.45, 2.75) is 38.8 Å². The number of rotatable bonds is 5. The zero-order chi connectivity index (χ0) is 13.8. The van der Waals surface area contributed by atoms with Crippen molar-refractivity contribution in [3.8, 4) is 0 Å². The first kappa shape index (κ1) is 13.3. The molecule has 0 amide bonds. The number of nitrogens with one attached hydrogen (secondary N) is 2. The molecule has 3 nitrogen and oxygen atoms in total. The minimum absolute atomic E-state index is 0.403. The lowest BCUT2D eigenvalue weighted by molar-refractivity contribution is 0.456. The van der Waals surface area contributed by atoms with Crippen molar-refractivity contribution in [1.82, 2.24) is 5.32 Å². The van der Waals surface area contributed by atoms with Gasteiger partial charge in [-0.25, -0.2) is 0 Å². The molecule has 1 aliphatic heterocycles. The predicted octanol–water partition coefficient (Wildman–Crippen LogP) is 3.36. The van der Waals surface area contributed by atoms with Crippen LogP contribution in [0.1, 0.15) is 30.2 Å². The second-order valence-electron chi connectivity index (χ2n) is 5.55. The molecule has 3 heteroatoms. The highest BCUT2D eigenvalue weighted by molar-refractivity contribution is 5.59. The maximum Gasteiger partial charge on any atom is 0.105 e. The highest BCUT2D eigenvalue weighted by Crippen LogP contribution is 2.26. The fourth-order valence-electron chi connectivity index (χ4n) is 2.82. The van der Waals surface area contributed by atoms with Gasteiger partial charge in [-0.3, -0.25) is 0 Å². The molecule has 0 saturated heterocycles. The number of para-hydroxylation sites is 1. The maximum atomic E-state index is 5.39. The average Bonchev–Trinajstić information content (AvgIpc) is 2.98. The molecular weight excluding hydrogens is 248 g/mol. The Kier molecular flexibility index (Phi) is 4.07. The van der Waals surface area contributed by atoms with Crippen molar-refractivity contribution in [2.75, 3.05) is 11.9 Å². The first-order chi connectivity index (χ1) is 9.83. The van der Waals surface area contributed by atoms with Gasteiger partial charge in [0.05, 0.1) is 6.26 Å². The lowest BCUT2D eigenvalue weighted by atomic mass is 9.99. The number of hydrogen-bond acceptors (Lipinski definition) is 3. The molecule has 1 aromatic carbocycles. The molecule has 0 radical (unpaired) electrons. The Labute approximate surface area is 120 Å². The lowest BCUT2D eigenvalue weighted by Gasteiger charge is -2.22. The van der Waals surface area contributed by atoms with Crippen LogP contribution in [-0.2, 0) is 19.4 Å². The second kappa shape index (κ2) is 6.14. The lowest BCUT2D eigenvalue weighted by Crippen LogP contribution is -2.28. The molecule has 1 unspecified atom stereocenters. The molecule has 20 heavy (non-hydrogen) atoms. The normalized spacial score (nSPS) is 15.4. The molecule has 0 aliphatic carbocycles. The minimum atomic E-state index is 0.403. The Bertz CT molecular complexity index is 548. The van der Waals surface area contributed by atoms with E-state index in [1.54, 1.807) is 6.26 Å². The van der Waals surface area contributed by atoms with E-state index in [1.807, 2.05) is 12.1 Å². The third-order valence-electron chi connectivity index (χ3n) is 3.89. The number of hydrogen-bond donors (Lipinski definition) is 2. The molecule has 106 valence electrons. The Morgan fingerprint density at radius 2 is 2.25 bits per heavy atom. The molecule has 3 rings (SSSR count). The van der Waals surface area contributed by atoms with Gasteiger partial charge in [0.1, 0.15) is 5.76 Å². The molecule has 2 heterocycles. The molecule has 0 bridgehead atoms. The van der Waals surface area contributed by atoms with Gasteiger partial charge in [-0.05, 0) is 43.0 Å². The van der Waals surface area contributed by atoms with Crippen LogP contribution < -0.4 is 10.6 Å². The van der Waals surface area contributed by atoms with E-state index in [0.717, 1.165) is 25.3 Å². The van der Waals surface area contributed by atoms with Crippen LogP contribution >= 0.6 is 0 Å². The van der Waals surface area contributed by atoms with Gasteiger partial charge in [-0.2, -0.15) is 0 Å². The van der Waals surface area contributed by atoms with E-state index in [9.17, 15) is 0 Å². The summed E-state index contributed by atoms with van der Waals surface area (Å²) >= 11 is 0. The number of aryl methyl sites for hydroxylation is 1. The summed E-state index contributed by atoms with van der Waals surface area (Å²) in [6, 6.07) is 11.0. The standard InChI is InChI=1S/C17H22N2O/c1-13(11-16-8-4-10-20-16)19-12-15-6-2-5-14-7-3-9-18-17(14)15/h2,4-6,8,10,13,18-19H,3,7,9,11-12H2,1H3. The van der Waals surface area contributed by atoms with Gasteiger partial charge in [0.25, 0.3) is 0 Å². The van der Waals surface area contributed by atoms with Crippen LogP contribution in [0.5, 0.6) is 0 Å². The number of furan rings is 1. The molecule has 0 spiro atoms. The van der Waals surface area contributed by atoms with Gasteiger partial charge in [-0.1, -0.05) is 18.2 Å². The van der Waals surface area contributed by atoms with Crippen LogP contribution in [0.4, 0.5) is 5.69 Å². The van der Waals surface area contributed by atoms with E-state index < -0.39 is 0 Å². The fraction of sp³-hybridized carbons (Fsp3) is 0.412. The SMILES string of the molecule is CC(Cc1ccco1)NCc1cccc2c1NCCC2. The van der Waals surface area contributed by atoms with Gasteiger partial charge in [0.2, 0.25) is 0 Å². The Morgan fingerprint density at radius 3 is 3.10 bits per heavy atom. The van der Waals surface area contributed by atoms with E-state index in [4.69, 9.17) is 4.42 Å². The Morgan fingerprint density at radius 1 is 1.30 bits per heavy atom. The van der Waals surface area contributed by atoms with E-state index in [2.05, 4.69) is 35.8 Å². The van der Waals surface area contributed by atoms with Crippen LogP contribution in [0.3, 0.4) is 0 Å². The van der Waals surface area contributed by atoms with Crippen molar-refractivity contribution in [2.24, 2.45) is 0 Å². The van der Waals surface area contributed by atoms with Crippen LogP contribution in [0.25, 0.3) is 0 Å². The quantitative estimate of drug-likeness (QED) is 0.875. The summed E-state index contributed by atoms with van der Waals surface area (Å²) in [5.41, 5.74) is 4.17. The highest BCUT2D eigenvalue weighted by atomic mass is 16.3. The number of anilines is 1. The second-order valence-corrected chi connectivity index (χ2v) is 5.55. The summed E-state index contributed by atoms with van der Waals surface area (Å²) in [5, 5.41) is 7.13. The summed E-state index contributed by atoms with van der Waals surface area (Å²) < 4.78 is 5.39. The van der Waals surface area contributed by atoms with Gasteiger partial charge >= 0.3 is 0 Å². The summed E-state index contributed by atoms with van der Waals surface area (Å²) in [6.45, 7) is 4.19. The fourth-order valence-corrected chi connectivity index (χ4v) is 2.82. The summed E-state index contributed by atoms with van der Waals surface area (Å²) in [5.74, 6) is 1.04. The number of fused-ring (bicyclic) bond motifs is 1. The monoisotopic (exact) mass is 270 g/mol. The summed E-state index contributed by atoms with van der Waals surface area (Å²) in [7, 11) is 0. The molecule has 2 aromatic rings. The van der Waals surface area contributed by atoms with Crippen LogP contribution in [0, 0.1) is 0 Å². The minimum Gasteiger partial charge on any atom is -0.469 e. The van der Waals surface area contributed by atoms with Crippen molar-refractivity contribution in [3.63, 3.8) is 0 Å².